The van der Waals surface area contributed by atoms with Crippen LogP contribution in [-0.4, -0.2) is 70.4 Å². The van der Waals surface area contributed by atoms with E-state index in [9.17, 15) is 28.3 Å². The minimum Gasteiger partial charge on any atom is -0.391 e. The number of benzene rings is 1. The molecule has 0 aromatic heterocycles. The van der Waals surface area contributed by atoms with Crippen LogP contribution in [0, 0.1) is 11.6 Å². The van der Waals surface area contributed by atoms with Crippen LogP contribution in [0.2, 0.25) is 0 Å². The van der Waals surface area contributed by atoms with E-state index in [1.165, 1.54) is 16.7 Å². The molecular weight excluding hydrogens is 336 g/mol. The molecule has 2 aliphatic rings. The summed E-state index contributed by atoms with van der Waals surface area (Å²) in [6, 6.07) is 0.638. The van der Waals surface area contributed by atoms with E-state index in [1.54, 1.807) is 0 Å². The van der Waals surface area contributed by atoms with Crippen LogP contribution < -0.4 is 5.32 Å². The Labute approximate surface area is 142 Å². The van der Waals surface area contributed by atoms with Crippen molar-refractivity contribution in [1.82, 2.24) is 15.1 Å². The summed E-state index contributed by atoms with van der Waals surface area (Å²) in [5, 5.41) is 12.0. The van der Waals surface area contributed by atoms with Crippen molar-refractivity contribution in [3.63, 3.8) is 0 Å². The summed E-state index contributed by atoms with van der Waals surface area (Å²) in [5.41, 5.74) is -0.419. The largest absolute Gasteiger partial charge is 0.391 e. The van der Waals surface area contributed by atoms with Gasteiger partial charge in [-0.25, -0.2) is 8.78 Å². The molecule has 0 unspecified atom stereocenters. The molecule has 0 aliphatic carbocycles. The fraction of sp³-hybridized carbons (Fsp3) is 0.438. The van der Waals surface area contributed by atoms with E-state index in [0.717, 1.165) is 18.2 Å². The number of nitrogens with one attached hydrogen (secondary N) is 1. The highest BCUT2D eigenvalue weighted by Gasteiger charge is 2.45. The summed E-state index contributed by atoms with van der Waals surface area (Å²) in [6.07, 6.45) is -1.04. The first-order chi connectivity index (χ1) is 11.8. The van der Waals surface area contributed by atoms with Gasteiger partial charge in [-0.3, -0.25) is 14.4 Å². The second-order valence-electron chi connectivity index (χ2n) is 6.15. The quantitative estimate of drug-likeness (QED) is 0.750. The van der Waals surface area contributed by atoms with Crippen molar-refractivity contribution in [3.05, 3.63) is 35.4 Å². The molecule has 3 rings (SSSR count). The van der Waals surface area contributed by atoms with Gasteiger partial charge >= 0.3 is 0 Å². The molecule has 0 saturated carbocycles. The van der Waals surface area contributed by atoms with E-state index in [4.69, 9.17) is 0 Å². The molecule has 2 aliphatic heterocycles. The lowest BCUT2D eigenvalue weighted by Gasteiger charge is -2.45. The van der Waals surface area contributed by atoms with Crippen LogP contribution in [0.25, 0.3) is 0 Å². The lowest BCUT2D eigenvalue weighted by Crippen LogP contribution is -2.71. The van der Waals surface area contributed by atoms with Gasteiger partial charge in [-0.05, 0) is 25.1 Å². The van der Waals surface area contributed by atoms with Crippen LogP contribution >= 0.6 is 0 Å². The molecule has 134 valence electrons. The minimum absolute atomic E-state index is 0.0722. The Kier molecular flexibility index (Phi) is 4.42. The molecular formula is C16H17F2N3O4. The molecule has 0 bridgehead atoms. The SMILES string of the molecule is C[C@@H](O)[C@@H]1NC(=O)[C@H]2CN(C(=O)c3cc(F)ccc3F)CCN2C1=O. The van der Waals surface area contributed by atoms with Crippen molar-refractivity contribution in [1.29, 1.82) is 0 Å². The summed E-state index contributed by atoms with van der Waals surface area (Å²) in [5.74, 6) is -3.26. The number of carbonyl (C=O) groups is 3. The highest BCUT2D eigenvalue weighted by molar-refractivity contribution is 5.99. The highest BCUT2D eigenvalue weighted by atomic mass is 19.1. The summed E-state index contributed by atoms with van der Waals surface area (Å²) in [6.45, 7) is 1.42. The predicted octanol–water partition coefficient (Wildman–Crippen LogP) is -0.503. The second kappa shape index (κ2) is 6.40. The summed E-state index contributed by atoms with van der Waals surface area (Å²) >= 11 is 0. The van der Waals surface area contributed by atoms with Crippen LogP contribution in [0.5, 0.6) is 0 Å². The first-order valence-electron chi connectivity index (χ1n) is 7.83. The Hall–Kier alpha value is -2.55. The van der Waals surface area contributed by atoms with E-state index in [1.807, 2.05) is 0 Å². The van der Waals surface area contributed by atoms with Crippen molar-refractivity contribution in [2.75, 3.05) is 19.6 Å². The van der Waals surface area contributed by atoms with E-state index in [-0.39, 0.29) is 19.6 Å². The molecule has 3 amide bonds. The Balaban J connectivity index is 1.79. The number of nitrogens with zero attached hydrogens (tertiary/aromatic N) is 2. The van der Waals surface area contributed by atoms with Crippen molar-refractivity contribution in [3.8, 4) is 0 Å². The molecule has 0 spiro atoms. The maximum absolute atomic E-state index is 13.8. The van der Waals surface area contributed by atoms with Gasteiger partial charge in [-0.1, -0.05) is 0 Å². The molecule has 2 N–H and O–H groups in total. The molecule has 1 aromatic carbocycles. The van der Waals surface area contributed by atoms with Gasteiger partial charge in [-0.2, -0.15) is 0 Å². The van der Waals surface area contributed by atoms with Gasteiger partial charge in [0.15, 0.2) is 0 Å². The normalized spacial score (nSPS) is 24.6. The molecule has 2 saturated heterocycles. The second-order valence-corrected chi connectivity index (χ2v) is 6.15. The minimum atomic E-state index is -1.04. The van der Waals surface area contributed by atoms with Crippen LogP contribution in [0.3, 0.4) is 0 Å². The van der Waals surface area contributed by atoms with Crippen LogP contribution in [0.1, 0.15) is 17.3 Å². The van der Waals surface area contributed by atoms with E-state index in [2.05, 4.69) is 5.32 Å². The number of aliphatic hydroxyl groups is 1. The number of carbonyl (C=O) groups excluding carboxylic acids is 3. The van der Waals surface area contributed by atoms with Gasteiger partial charge in [0.25, 0.3) is 5.91 Å². The number of fused-ring (bicyclic) bond motifs is 1. The number of hydrogen-bond donors (Lipinski definition) is 2. The smallest absolute Gasteiger partial charge is 0.257 e. The Morgan fingerprint density at radius 3 is 2.72 bits per heavy atom. The van der Waals surface area contributed by atoms with Crippen molar-refractivity contribution in [2.45, 2.75) is 25.1 Å². The highest BCUT2D eigenvalue weighted by Crippen LogP contribution is 2.20. The third-order valence-electron chi connectivity index (χ3n) is 4.46. The van der Waals surface area contributed by atoms with Gasteiger partial charge in [0.2, 0.25) is 11.8 Å². The summed E-state index contributed by atoms with van der Waals surface area (Å²) in [4.78, 5) is 39.5. The molecule has 25 heavy (non-hydrogen) atoms. The zero-order chi connectivity index (χ0) is 18.3. The molecule has 1 aromatic rings. The van der Waals surface area contributed by atoms with Crippen molar-refractivity contribution >= 4 is 17.7 Å². The molecule has 2 heterocycles. The maximum Gasteiger partial charge on any atom is 0.257 e. The lowest BCUT2D eigenvalue weighted by atomic mass is 10.0. The average Bonchev–Trinajstić information content (AvgIpc) is 2.59. The lowest BCUT2D eigenvalue weighted by molar-refractivity contribution is -0.155. The molecule has 3 atom stereocenters. The van der Waals surface area contributed by atoms with Gasteiger partial charge in [0.1, 0.15) is 23.7 Å². The van der Waals surface area contributed by atoms with Crippen LogP contribution in [0.15, 0.2) is 18.2 Å². The average molecular weight is 353 g/mol. The number of amides is 3. The van der Waals surface area contributed by atoms with Crippen LogP contribution in [0.4, 0.5) is 8.78 Å². The Morgan fingerprint density at radius 2 is 2.04 bits per heavy atom. The van der Waals surface area contributed by atoms with Gasteiger partial charge < -0.3 is 20.2 Å². The topological polar surface area (TPSA) is 89.9 Å². The van der Waals surface area contributed by atoms with Gasteiger partial charge in [-0.15, -0.1) is 0 Å². The fourth-order valence-corrected chi connectivity index (χ4v) is 3.10. The van der Waals surface area contributed by atoms with Crippen molar-refractivity contribution < 1.29 is 28.3 Å². The number of aliphatic hydroxyl groups excluding tert-OH is 1. The first kappa shape index (κ1) is 17.3. The number of rotatable bonds is 2. The number of halogens is 2. The predicted molar refractivity (Wildman–Crippen MR) is 81.4 cm³/mol. The number of hydrogen-bond acceptors (Lipinski definition) is 4. The Bertz CT molecular complexity index is 740. The molecule has 9 heteroatoms. The zero-order valence-corrected chi connectivity index (χ0v) is 13.4. The van der Waals surface area contributed by atoms with E-state index < -0.39 is 53.1 Å². The summed E-state index contributed by atoms with van der Waals surface area (Å²) in [7, 11) is 0. The third kappa shape index (κ3) is 3.07. The third-order valence-corrected chi connectivity index (χ3v) is 4.46. The van der Waals surface area contributed by atoms with Crippen molar-refractivity contribution in [2.24, 2.45) is 0 Å². The van der Waals surface area contributed by atoms with E-state index >= 15 is 0 Å². The van der Waals surface area contributed by atoms with Gasteiger partial charge in [0, 0.05) is 13.1 Å². The summed E-state index contributed by atoms with van der Waals surface area (Å²) < 4.78 is 27.1. The van der Waals surface area contributed by atoms with Gasteiger partial charge in [0.05, 0.1) is 18.2 Å². The molecule has 7 nitrogen and oxygen atoms in total. The first-order valence-corrected chi connectivity index (χ1v) is 7.83. The maximum atomic E-state index is 13.8. The number of piperazine rings is 2. The standard InChI is InChI=1S/C16H17F2N3O4/c1-8(22)13-16(25)21-5-4-20(7-12(21)14(23)19-13)15(24)10-6-9(17)2-3-11(10)18/h2-3,6,8,12-13,22H,4-5,7H2,1H3,(H,19,23)/t8-,12-,13+/m1/s1. The van der Waals surface area contributed by atoms with Crippen LogP contribution in [-0.2, 0) is 9.59 Å². The fourth-order valence-electron chi connectivity index (χ4n) is 3.10. The monoisotopic (exact) mass is 353 g/mol. The Morgan fingerprint density at radius 1 is 1.32 bits per heavy atom. The molecule has 2 fully saturated rings. The zero-order valence-electron chi connectivity index (χ0n) is 13.4. The molecule has 0 radical (unpaired) electrons. The van der Waals surface area contributed by atoms with E-state index in [0.29, 0.717) is 0 Å².